The largest absolute Gasteiger partial charge is 0.457 e. The highest BCUT2D eigenvalue weighted by Crippen LogP contribution is 2.21. The van der Waals surface area contributed by atoms with E-state index in [-0.39, 0.29) is 5.92 Å². The summed E-state index contributed by atoms with van der Waals surface area (Å²) in [6.07, 6.45) is 0.404. The first-order valence-corrected chi connectivity index (χ1v) is 6.55. The molecular weight excluding hydrogens is 258 g/mol. The van der Waals surface area contributed by atoms with E-state index in [0.717, 1.165) is 0 Å². The van der Waals surface area contributed by atoms with Gasteiger partial charge in [-0.1, -0.05) is 19.9 Å². The lowest BCUT2D eigenvalue weighted by Crippen LogP contribution is -2.31. The van der Waals surface area contributed by atoms with Gasteiger partial charge in [0.25, 0.3) is 0 Å². The van der Waals surface area contributed by atoms with E-state index in [2.05, 4.69) is 4.98 Å². The third-order valence-electron chi connectivity index (χ3n) is 2.28. The number of hydrogen-bond acceptors (Lipinski definition) is 5. The molecule has 0 radical (unpaired) electrons. The number of nitrogens with zero attached hydrogens (tertiary/aromatic N) is 1. The molecule has 5 heteroatoms. The van der Waals surface area contributed by atoms with Crippen LogP contribution in [0.1, 0.15) is 46.4 Å². The van der Waals surface area contributed by atoms with Crippen LogP contribution in [-0.4, -0.2) is 22.5 Å². The lowest BCUT2D eigenvalue weighted by Gasteiger charge is -2.24. The van der Waals surface area contributed by atoms with E-state index in [0.29, 0.717) is 5.69 Å². The Labute approximate surface area is 119 Å². The van der Waals surface area contributed by atoms with E-state index in [9.17, 15) is 9.59 Å². The standard InChI is InChI=1S/C15H21NO4/c1-10(2)13(17)19-12(11-8-6-7-9-16-11)14(18)20-15(3,4)5/h6-10,12H,1-5H3. The molecule has 110 valence electrons. The van der Waals surface area contributed by atoms with Crippen LogP contribution in [0, 0.1) is 5.92 Å². The number of carbonyl (C=O) groups excluding carboxylic acids is 2. The third kappa shape index (κ3) is 4.99. The summed E-state index contributed by atoms with van der Waals surface area (Å²) < 4.78 is 10.5. The van der Waals surface area contributed by atoms with E-state index in [1.807, 2.05) is 0 Å². The van der Waals surface area contributed by atoms with Crippen molar-refractivity contribution in [1.82, 2.24) is 4.98 Å². The SMILES string of the molecule is CC(C)C(=O)OC(C(=O)OC(C)(C)C)c1ccccn1. The third-order valence-corrected chi connectivity index (χ3v) is 2.28. The zero-order valence-corrected chi connectivity index (χ0v) is 12.5. The second kappa shape index (κ2) is 6.50. The Morgan fingerprint density at radius 1 is 1.15 bits per heavy atom. The maximum absolute atomic E-state index is 12.2. The van der Waals surface area contributed by atoms with Crippen molar-refractivity contribution in [1.29, 1.82) is 0 Å². The molecule has 0 bridgehead atoms. The van der Waals surface area contributed by atoms with Crippen molar-refractivity contribution in [2.45, 2.75) is 46.3 Å². The van der Waals surface area contributed by atoms with Gasteiger partial charge in [0.1, 0.15) is 5.60 Å². The summed E-state index contributed by atoms with van der Waals surface area (Å²) in [4.78, 5) is 28.0. The fourth-order valence-corrected chi connectivity index (χ4v) is 1.37. The fraction of sp³-hybridized carbons (Fsp3) is 0.533. The van der Waals surface area contributed by atoms with Crippen LogP contribution < -0.4 is 0 Å². The van der Waals surface area contributed by atoms with Crippen molar-refractivity contribution in [3.8, 4) is 0 Å². The van der Waals surface area contributed by atoms with Crippen molar-refractivity contribution in [2.24, 2.45) is 5.92 Å². The minimum Gasteiger partial charge on any atom is -0.457 e. The molecule has 0 fully saturated rings. The Morgan fingerprint density at radius 2 is 1.80 bits per heavy atom. The van der Waals surface area contributed by atoms with Gasteiger partial charge in [-0.3, -0.25) is 9.78 Å². The van der Waals surface area contributed by atoms with Gasteiger partial charge >= 0.3 is 11.9 Å². The summed E-state index contributed by atoms with van der Waals surface area (Å²) in [5.74, 6) is -1.42. The van der Waals surface area contributed by atoms with Crippen LogP contribution in [-0.2, 0) is 19.1 Å². The molecule has 1 unspecified atom stereocenters. The summed E-state index contributed by atoms with van der Waals surface area (Å²) in [5, 5.41) is 0. The molecular formula is C15H21NO4. The summed E-state index contributed by atoms with van der Waals surface area (Å²) in [6.45, 7) is 8.67. The lowest BCUT2D eigenvalue weighted by molar-refractivity contribution is -0.178. The van der Waals surface area contributed by atoms with Crippen LogP contribution in [0.15, 0.2) is 24.4 Å². The maximum Gasteiger partial charge on any atom is 0.354 e. The predicted molar refractivity (Wildman–Crippen MR) is 73.8 cm³/mol. The smallest absolute Gasteiger partial charge is 0.354 e. The molecule has 0 saturated heterocycles. The zero-order valence-electron chi connectivity index (χ0n) is 12.5. The molecule has 1 aromatic rings. The Bertz CT molecular complexity index is 463. The van der Waals surface area contributed by atoms with Crippen LogP contribution in [0.25, 0.3) is 0 Å². The number of rotatable bonds is 4. The van der Waals surface area contributed by atoms with Gasteiger partial charge in [0.2, 0.25) is 6.10 Å². The summed E-state index contributed by atoms with van der Waals surface area (Å²) in [6, 6.07) is 5.07. The molecule has 0 aromatic carbocycles. The minimum absolute atomic E-state index is 0.330. The molecule has 20 heavy (non-hydrogen) atoms. The van der Waals surface area contributed by atoms with Crippen molar-refractivity contribution >= 4 is 11.9 Å². The van der Waals surface area contributed by atoms with Crippen LogP contribution in [0.4, 0.5) is 0 Å². The first-order chi connectivity index (χ1) is 9.20. The number of aromatic nitrogens is 1. The average molecular weight is 279 g/mol. The number of carbonyl (C=O) groups is 2. The van der Waals surface area contributed by atoms with Crippen molar-refractivity contribution in [3.05, 3.63) is 30.1 Å². The summed E-state index contributed by atoms with van der Waals surface area (Å²) >= 11 is 0. The molecule has 5 nitrogen and oxygen atoms in total. The Morgan fingerprint density at radius 3 is 2.25 bits per heavy atom. The molecule has 0 aliphatic heterocycles. The molecule has 0 aliphatic carbocycles. The Kier molecular flexibility index (Phi) is 5.25. The molecule has 1 aromatic heterocycles. The molecule has 0 saturated carbocycles. The van der Waals surface area contributed by atoms with Gasteiger partial charge in [-0.05, 0) is 32.9 Å². The highest BCUT2D eigenvalue weighted by Gasteiger charge is 2.31. The Hall–Kier alpha value is -1.91. The van der Waals surface area contributed by atoms with Gasteiger partial charge < -0.3 is 9.47 Å². The van der Waals surface area contributed by atoms with Gasteiger partial charge in [-0.2, -0.15) is 0 Å². The van der Waals surface area contributed by atoms with E-state index in [1.165, 1.54) is 6.20 Å². The number of hydrogen-bond donors (Lipinski definition) is 0. The highest BCUT2D eigenvalue weighted by atomic mass is 16.6. The molecule has 1 atom stereocenters. The normalized spacial score (nSPS) is 12.9. The van der Waals surface area contributed by atoms with Crippen LogP contribution in [0.2, 0.25) is 0 Å². The van der Waals surface area contributed by atoms with Crippen molar-refractivity contribution in [3.63, 3.8) is 0 Å². The molecule has 0 aliphatic rings. The topological polar surface area (TPSA) is 65.5 Å². The summed E-state index contributed by atoms with van der Waals surface area (Å²) in [5.41, 5.74) is -0.301. The van der Waals surface area contributed by atoms with Gasteiger partial charge in [0, 0.05) is 6.20 Å². The van der Waals surface area contributed by atoms with Gasteiger partial charge in [0.05, 0.1) is 11.6 Å². The van der Waals surface area contributed by atoms with E-state index in [4.69, 9.17) is 9.47 Å². The van der Waals surface area contributed by atoms with Gasteiger partial charge in [0.15, 0.2) is 0 Å². The predicted octanol–water partition coefficient (Wildman–Crippen LogP) is 2.66. The van der Waals surface area contributed by atoms with Crippen molar-refractivity contribution < 1.29 is 19.1 Å². The Balaban J connectivity index is 2.96. The number of pyridine rings is 1. The second-order valence-corrected chi connectivity index (χ2v) is 5.76. The lowest BCUT2D eigenvalue weighted by atomic mass is 10.1. The average Bonchev–Trinajstić information content (AvgIpc) is 2.34. The monoisotopic (exact) mass is 279 g/mol. The second-order valence-electron chi connectivity index (χ2n) is 5.76. The first kappa shape index (κ1) is 16.1. The van der Waals surface area contributed by atoms with Gasteiger partial charge in [-0.15, -0.1) is 0 Å². The van der Waals surface area contributed by atoms with E-state index < -0.39 is 23.6 Å². The van der Waals surface area contributed by atoms with E-state index in [1.54, 1.807) is 52.8 Å². The van der Waals surface area contributed by atoms with Crippen LogP contribution in [0.3, 0.4) is 0 Å². The molecule has 0 amide bonds. The van der Waals surface area contributed by atoms with Gasteiger partial charge in [-0.25, -0.2) is 4.79 Å². The molecule has 0 N–H and O–H groups in total. The zero-order chi connectivity index (χ0) is 15.3. The molecule has 1 rings (SSSR count). The van der Waals surface area contributed by atoms with Crippen LogP contribution >= 0.6 is 0 Å². The van der Waals surface area contributed by atoms with Crippen LogP contribution in [0.5, 0.6) is 0 Å². The van der Waals surface area contributed by atoms with Crippen molar-refractivity contribution in [2.75, 3.05) is 0 Å². The minimum atomic E-state index is -1.13. The molecule has 1 heterocycles. The molecule has 0 spiro atoms. The summed E-state index contributed by atoms with van der Waals surface area (Å²) in [7, 11) is 0. The quantitative estimate of drug-likeness (QED) is 0.793. The fourth-order valence-electron chi connectivity index (χ4n) is 1.37. The maximum atomic E-state index is 12.2. The number of esters is 2. The first-order valence-electron chi connectivity index (χ1n) is 6.55. The number of ether oxygens (including phenoxy) is 2. The highest BCUT2D eigenvalue weighted by molar-refractivity contribution is 5.81. The van der Waals surface area contributed by atoms with E-state index >= 15 is 0 Å².